The molecule has 1 nitrogen and oxygen atoms in total. The maximum Gasteiger partial charge on any atom is 0.0888 e. The molecular weight excluding hydrogens is 208 g/mol. The topological polar surface area (TPSA) is 9.23 Å². The van der Waals surface area contributed by atoms with Crippen molar-refractivity contribution in [3.8, 4) is 0 Å². The van der Waals surface area contributed by atoms with Crippen LogP contribution in [0.2, 0.25) is 0 Å². The van der Waals surface area contributed by atoms with Crippen LogP contribution in [0, 0.1) is 0 Å². The lowest BCUT2D eigenvalue weighted by Crippen LogP contribution is -1.95. The molecule has 0 aromatic carbocycles. The van der Waals surface area contributed by atoms with Crippen LogP contribution in [0.3, 0.4) is 0 Å². The summed E-state index contributed by atoms with van der Waals surface area (Å²) >= 11 is 0. The first-order valence-electron chi connectivity index (χ1n) is 7.35. The molecule has 0 fully saturated rings. The van der Waals surface area contributed by atoms with Crippen molar-refractivity contribution in [2.45, 2.75) is 70.6 Å². The summed E-state index contributed by atoms with van der Waals surface area (Å²) in [5.41, 5.74) is 0. The van der Waals surface area contributed by atoms with Gasteiger partial charge in [-0.15, -0.1) is 0 Å². The first-order valence-corrected chi connectivity index (χ1v) is 7.35. The molecule has 0 saturated carbocycles. The molecule has 0 bridgehead atoms. The Kier molecular flexibility index (Phi) is 8.80. The van der Waals surface area contributed by atoms with Crippen LogP contribution in [0.25, 0.3) is 0 Å². The number of hydrogen-bond donors (Lipinski definition) is 0. The summed E-state index contributed by atoms with van der Waals surface area (Å²) in [5, 5.41) is 0. The predicted molar refractivity (Wildman–Crippen MR) is 75.0 cm³/mol. The third-order valence-corrected chi connectivity index (χ3v) is 3.31. The average molecular weight is 236 g/mol. The summed E-state index contributed by atoms with van der Waals surface area (Å²) in [5.74, 6) is 0.997. The minimum Gasteiger partial charge on any atom is -0.499 e. The molecule has 1 aliphatic rings. The number of hydrogen-bond acceptors (Lipinski definition) is 1. The molecule has 1 rings (SSSR count). The number of ether oxygens (including phenoxy) is 1. The first-order chi connectivity index (χ1) is 8.39. The Morgan fingerprint density at radius 3 is 2.12 bits per heavy atom. The van der Waals surface area contributed by atoms with Crippen LogP contribution in [-0.4, -0.2) is 6.61 Å². The van der Waals surface area contributed by atoms with Crippen LogP contribution in [-0.2, 0) is 4.74 Å². The van der Waals surface area contributed by atoms with Gasteiger partial charge in [0.05, 0.1) is 12.4 Å². The largest absolute Gasteiger partial charge is 0.499 e. The smallest absolute Gasteiger partial charge is 0.0888 e. The van der Waals surface area contributed by atoms with Gasteiger partial charge >= 0.3 is 0 Å². The Labute approximate surface area is 107 Å². The summed E-state index contributed by atoms with van der Waals surface area (Å²) in [7, 11) is 0. The summed E-state index contributed by atoms with van der Waals surface area (Å²) in [6.45, 7) is 4.85. The van der Waals surface area contributed by atoms with Crippen molar-refractivity contribution < 1.29 is 4.74 Å². The molecule has 98 valence electrons. The van der Waals surface area contributed by atoms with Crippen molar-refractivity contribution in [1.82, 2.24) is 0 Å². The van der Waals surface area contributed by atoms with Gasteiger partial charge in [0, 0.05) is 6.42 Å². The third kappa shape index (κ3) is 9.02. The number of rotatable bonds is 0. The van der Waals surface area contributed by atoms with Crippen molar-refractivity contribution in [1.29, 1.82) is 0 Å². The third-order valence-electron chi connectivity index (χ3n) is 3.31. The lowest BCUT2D eigenvalue weighted by Gasteiger charge is -2.09. The van der Waals surface area contributed by atoms with Crippen molar-refractivity contribution in [2.24, 2.45) is 0 Å². The minimum absolute atomic E-state index is 0.864. The van der Waals surface area contributed by atoms with Gasteiger partial charge in [-0.2, -0.15) is 0 Å². The lowest BCUT2D eigenvalue weighted by molar-refractivity contribution is 0.195. The molecular formula is C16H28O. The second-order valence-corrected chi connectivity index (χ2v) is 5.01. The molecule has 1 heteroatoms. The molecule has 0 atom stereocenters. The van der Waals surface area contributed by atoms with E-state index in [1.807, 2.05) is 0 Å². The van der Waals surface area contributed by atoms with E-state index in [2.05, 4.69) is 18.7 Å². The van der Waals surface area contributed by atoms with Crippen LogP contribution in [0.4, 0.5) is 0 Å². The fraction of sp³-hybridized carbons (Fsp3) is 0.750. The SMILES string of the molecule is C=C1CCCCCCC/C=C/CCCCCO1. The second-order valence-electron chi connectivity index (χ2n) is 5.01. The normalized spacial score (nSPS) is 23.9. The highest BCUT2D eigenvalue weighted by atomic mass is 16.5. The second kappa shape index (κ2) is 10.4. The van der Waals surface area contributed by atoms with E-state index in [1.54, 1.807) is 0 Å². The van der Waals surface area contributed by atoms with Gasteiger partial charge in [-0.05, 0) is 44.9 Å². The number of allylic oxidation sites excluding steroid dienone is 3. The molecule has 1 heterocycles. The highest BCUT2D eigenvalue weighted by molar-refractivity contribution is 4.83. The van der Waals surface area contributed by atoms with Crippen molar-refractivity contribution >= 4 is 0 Å². The van der Waals surface area contributed by atoms with E-state index in [4.69, 9.17) is 4.74 Å². The molecule has 0 unspecified atom stereocenters. The Morgan fingerprint density at radius 2 is 1.35 bits per heavy atom. The van der Waals surface area contributed by atoms with Gasteiger partial charge in [0.15, 0.2) is 0 Å². The fourth-order valence-electron chi connectivity index (χ4n) is 2.18. The molecule has 0 radical (unpaired) electrons. The minimum atomic E-state index is 0.864. The standard InChI is InChI=1S/C16H28O/c1-16-14-12-10-8-6-4-2-3-5-7-9-11-13-15-17-16/h3,5H,1-2,4,6-15H2/b5-3+. The van der Waals surface area contributed by atoms with Gasteiger partial charge in [-0.1, -0.05) is 38.0 Å². The summed E-state index contributed by atoms with van der Waals surface area (Å²) < 4.78 is 5.63. The van der Waals surface area contributed by atoms with Gasteiger partial charge < -0.3 is 4.74 Å². The van der Waals surface area contributed by atoms with Crippen LogP contribution in [0.1, 0.15) is 70.6 Å². The van der Waals surface area contributed by atoms with Crippen LogP contribution in [0.5, 0.6) is 0 Å². The Balaban J connectivity index is 2.18. The monoisotopic (exact) mass is 236 g/mol. The highest BCUT2D eigenvalue weighted by Crippen LogP contribution is 2.13. The van der Waals surface area contributed by atoms with E-state index in [1.165, 1.54) is 64.2 Å². The zero-order valence-electron chi connectivity index (χ0n) is 11.3. The zero-order chi connectivity index (χ0) is 12.2. The van der Waals surface area contributed by atoms with Crippen molar-refractivity contribution in [3.63, 3.8) is 0 Å². The zero-order valence-corrected chi connectivity index (χ0v) is 11.3. The lowest BCUT2D eigenvalue weighted by atomic mass is 10.1. The summed E-state index contributed by atoms with van der Waals surface area (Å²) in [4.78, 5) is 0. The van der Waals surface area contributed by atoms with E-state index in [9.17, 15) is 0 Å². The van der Waals surface area contributed by atoms with E-state index in [0.717, 1.165) is 18.8 Å². The molecule has 0 aromatic heterocycles. The average Bonchev–Trinajstić information content (AvgIpc) is 2.32. The fourth-order valence-corrected chi connectivity index (χ4v) is 2.18. The maximum absolute atomic E-state index is 5.63. The van der Waals surface area contributed by atoms with Gasteiger partial charge in [0.2, 0.25) is 0 Å². The van der Waals surface area contributed by atoms with E-state index in [0.29, 0.717) is 0 Å². The quantitative estimate of drug-likeness (QED) is 0.513. The molecule has 0 aliphatic carbocycles. The van der Waals surface area contributed by atoms with Gasteiger partial charge in [0.1, 0.15) is 0 Å². The van der Waals surface area contributed by atoms with Gasteiger partial charge in [-0.3, -0.25) is 0 Å². The highest BCUT2D eigenvalue weighted by Gasteiger charge is 1.97. The van der Waals surface area contributed by atoms with Crippen molar-refractivity contribution in [2.75, 3.05) is 6.61 Å². The maximum atomic E-state index is 5.63. The molecule has 0 saturated heterocycles. The van der Waals surface area contributed by atoms with Crippen LogP contribution >= 0.6 is 0 Å². The van der Waals surface area contributed by atoms with E-state index in [-0.39, 0.29) is 0 Å². The van der Waals surface area contributed by atoms with Crippen LogP contribution < -0.4 is 0 Å². The predicted octanol–water partition coefficient (Wildman–Crippen LogP) is 5.38. The van der Waals surface area contributed by atoms with E-state index >= 15 is 0 Å². The Hall–Kier alpha value is -0.720. The molecule has 17 heavy (non-hydrogen) atoms. The molecule has 0 N–H and O–H groups in total. The summed E-state index contributed by atoms with van der Waals surface area (Å²) in [6, 6.07) is 0. The van der Waals surface area contributed by atoms with Crippen LogP contribution in [0.15, 0.2) is 24.5 Å². The van der Waals surface area contributed by atoms with Crippen molar-refractivity contribution in [3.05, 3.63) is 24.5 Å². The summed E-state index contributed by atoms with van der Waals surface area (Å²) in [6.07, 6.45) is 18.7. The van der Waals surface area contributed by atoms with E-state index < -0.39 is 0 Å². The van der Waals surface area contributed by atoms with Gasteiger partial charge in [0.25, 0.3) is 0 Å². The van der Waals surface area contributed by atoms with Gasteiger partial charge in [-0.25, -0.2) is 0 Å². The molecule has 1 aliphatic heterocycles. The Bertz CT molecular complexity index is 218. The molecule has 0 aromatic rings. The molecule has 0 spiro atoms. The Morgan fingerprint density at radius 1 is 0.765 bits per heavy atom. The first kappa shape index (κ1) is 14.3. The molecule has 0 amide bonds.